The summed E-state index contributed by atoms with van der Waals surface area (Å²) in [6, 6.07) is 12.9. The van der Waals surface area contributed by atoms with Crippen LogP contribution in [0.5, 0.6) is 11.5 Å². The average Bonchev–Trinajstić information content (AvgIpc) is 2.62. The van der Waals surface area contributed by atoms with Gasteiger partial charge in [0.25, 0.3) is 0 Å². The van der Waals surface area contributed by atoms with Gasteiger partial charge in [-0.1, -0.05) is 56.0 Å². The molecule has 0 bridgehead atoms. The van der Waals surface area contributed by atoms with Gasteiger partial charge in [0.15, 0.2) is 5.52 Å². The Morgan fingerprint density at radius 2 is 1.84 bits per heavy atom. The monoisotopic (exact) mass is 378 g/mol. The minimum Gasteiger partial charge on any atom is -0.496 e. The minimum absolute atomic E-state index is 0.00881. The third-order valence-electron chi connectivity index (χ3n) is 3.80. The molecule has 0 radical (unpaired) electrons. The molecule has 0 saturated heterocycles. The second kappa shape index (κ2) is 10.4. The Labute approximate surface area is 156 Å². The van der Waals surface area contributed by atoms with Crippen molar-refractivity contribution in [3.05, 3.63) is 53.1 Å². The first kappa shape index (κ1) is 19.8. The first-order chi connectivity index (χ1) is 12.2. The van der Waals surface area contributed by atoms with Gasteiger partial charge in [-0.25, -0.2) is 0 Å². The minimum atomic E-state index is -0.0318. The average molecular weight is 379 g/mol. The summed E-state index contributed by atoms with van der Waals surface area (Å²) in [6.45, 7) is 2.93. The number of methoxy groups -OCH3 is 1. The van der Waals surface area contributed by atoms with Crippen LogP contribution in [0, 0.1) is 0 Å². The predicted molar refractivity (Wildman–Crippen MR) is 106 cm³/mol. The van der Waals surface area contributed by atoms with Crippen LogP contribution < -0.4 is 14.8 Å². The fourth-order valence-electron chi connectivity index (χ4n) is 2.44. The van der Waals surface area contributed by atoms with Crippen LogP contribution in [0.2, 0.25) is 5.02 Å². The summed E-state index contributed by atoms with van der Waals surface area (Å²) in [4.78, 5) is 12.6. The van der Waals surface area contributed by atoms with Crippen LogP contribution >= 0.6 is 20.2 Å². The maximum absolute atomic E-state index is 12.6. The molecule has 0 amide bonds. The molecular weight excluding hydrogens is 355 g/mol. The zero-order valence-electron chi connectivity index (χ0n) is 14.7. The van der Waals surface area contributed by atoms with Crippen molar-refractivity contribution in [2.75, 3.05) is 13.7 Å². The van der Waals surface area contributed by atoms with Crippen LogP contribution in [0.4, 0.5) is 0 Å². The lowest BCUT2D eigenvalue weighted by Gasteiger charge is -2.10. The maximum Gasteiger partial charge on any atom is 0.190 e. The third kappa shape index (κ3) is 6.02. The molecular formula is C20H24ClO3P. The van der Waals surface area contributed by atoms with Gasteiger partial charge in [-0.2, -0.15) is 0 Å². The van der Waals surface area contributed by atoms with Gasteiger partial charge in [0.05, 0.1) is 24.3 Å². The molecule has 1 unspecified atom stereocenters. The summed E-state index contributed by atoms with van der Waals surface area (Å²) in [5, 5.41) is 1.37. The molecule has 0 aliphatic heterocycles. The van der Waals surface area contributed by atoms with Gasteiger partial charge >= 0.3 is 0 Å². The lowest BCUT2D eigenvalue weighted by molar-refractivity contribution is 0.108. The predicted octanol–water partition coefficient (Wildman–Crippen LogP) is 5.45. The zero-order valence-corrected chi connectivity index (χ0v) is 16.4. The molecule has 0 aliphatic rings. The summed E-state index contributed by atoms with van der Waals surface area (Å²) in [6.07, 6.45) is 4.74. The second-order valence-electron chi connectivity index (χ2n) is 5.70. The van der Waals surface area contributed by atoms with E-state index in [0.29, 0.717) is 16.3 Å². The molecule has 3 nitrogen and oxygen atoms in total. The van der Waals surface area contributed by atoms with Crippen molar-refractivity contribution in [3.63, 3.8) is 0 Å². The highest BCUT2D eigenvalue weighted by molar-refractivity contribution is 7.66. The Bertz CT molecular complexity index is 686. The largest absolute Gasteiger partial charge is 0.496 e. The Hall–Kier alpha value is -1.57. The molecule has 0 aromatic heterocycles. The van der Waals surface area contributed by atoms with E-state index in [-0.39, 0.29) is 14.1 Å². The van der Waals surface area contributed by atoms with E-state index in [1.54, 1.807) is 18.2 Å². The third-order valence-corrected chi connectivity index (χ3v) is 5.22. The van der Waals surface area contributed by atoms with E-state index in [4.69, 9.17) is 21.1 Å². The topological polar surface area (TPSA) is 35.5 Å². The van der Waals surface area contributed by atoms with Gasteiger partial charge in [0, 0.05) is 0 Å². The van der Waals surface area contributed by atoms with Crippen molar-refractivity contribution in [1.82, 2.24) is 0 Å². The number of halogens is 1. The Morgan fingerprint density at radius 3 is 2.52 bits per heavy atom. The number of benzene rings is 2. The lowest BCUT2D eigenvalue weighted by atomic mass is 10.2. The molecule has 1 atom stereocenters. The molecule has 0 aliphatic carbocycles. The fourth-order valence-corrected chi connectivity index (χ4v) is 3.75. The summed E-state index contributed by atoms with van der Waals surface area (Å²) in [5.41, 5.74) is 0.414. The molecule has 25 heavy (non-hydrogen) atoms. The van der Waals surface area contributed by atoms with Crippen molar-refractivity contribution < 1.29 is 14.3 Å². The van der Waals surface area contributed by atoms with Crippen LogP contribution in [0.3, 0.4) is 0 Å². The van der Waals surface area contributed by atoms with E-state index >= 15 is 0 Å². The van der Waals surface area contributed by atoms with E-state index in [0.717, 1.165) is 24.1 Å². The summed E-state index contributed by atoms with van der Waals surface area (Å²) in [7, 11) is 1.53. The fraction of sp³-hybridized carbons (Fsp3) is 0.350. The highest BCUT2D eigenvalue weighted by Crippen LogP contribution is 2.32. The number of carbonyl (C=O) groups excluding carboxylic acids is 1. The van der Waals surface area contributed by atoms with Crippen LogP contribution in [0.15, 0.2) is 42.5 Å². The molecule has 5 heteroatoms. The van der Waals surface area contributed by atoms with Crippen molar-refractivity contribution >= 4 is 31.0 Å². The SMILES string of the molecule is CCCCCCOc1ccc(PC(=O)c2c(Cl)cccc2OC)cc1. The van der Waals surface area contributed by atoms with Crippen LogP contribution in [-0.2, 0) is 0 Å². The van der Waals surface area contributed by atoms with Crippen LogP contribution in [-0.4, -0.2) is 19.2 Å². The van der Waals surface area contributed by atoms with E-state index in [1.807, 2.05) is 24.3 Å². The number of carbonyl (C=O) groups is 1. The van der Waals surface area contributed by atoms with Gasteiger partial charge in [-0.15, -0.1) is 0 Å². The lowest BCUT2D eigenvalue weighted by Crippen LogP contribution is -2.04. The Balaban J connectivity index is 1.94. The van der Waals surface area contributed by atoms with Gasteiger partial charge in [-0.05, 0) is 44.6 Å². The number of rotatable bonds is 10. The molecule has 0 N–H and O–H groups in total. The zero-order chi connectivity index (χ0) is 18.1. The molecule has 134 valence electrons. The maximum atomic E-state index is 12.6. The first-order valence-corrected chi connectivity index (χ1v) is 9.90. The van der Waals surface area contributed by atoms with E-state index < -0.39 is 0 Å². The van der Waals surface area contributed by atoms with Gasteiger partial charge < -0.3 is 9.47 Å². The molecule has 0 saturated carbocycles. The molecule has 0 spiro atoms. The molecule has 2 aromatic carbocycles. The summed E-state index contributed by atoms with van der Waals surface area (Å²) in [5.74, 6) is 1.35. The molecule has 2 rings (SSSR count). The van der Waals surface area contributed by atoms with Crippen molar-refractivity contribution in [1.29, 1.82) is 0 Å². The van der Waals surface area contributed by atoms with Crippen molar-refractivity contribution in [2.24, 2.45) is 0 Å². The van der Waals surface area contributed by atoms with Crippen LogP contribution in [0.1, 0.15) is 43.0 Å². The van der Waals surface area contributed by atoms with Crippen LogP contribution in [0.25, 0.3) is 0 Å². The van der Waals surface area contributed by atoms with Crippen molar-refractivity contribution in [3.8, 4) is 11.5 Å². The smallest absolute Gasteiger partial charge is 0.190 e. The van der Waals surface area contributed by atoms with E-state index in [9.17, 15) is 4.79 Å². The quantitative estimate of drug-likeness (QED) is 0.407. The normalized spacial score (nSPS) is 11.0. The highest BCUT2D eigenvalue weighted by atomic mass is 35.5. The number of unbranched alkanes of at least 4 members (excludes halogenated alkanes) is 3. The summed E-state index contributed by atoms with van der Waals surface area (Å²) >= 11 is 6.17. The van der Waals surface area contributed by atoms with Gasteiger partial charge in [0.2, 0.25) is 0 Å². The van der Waals surface area contributed by atoms with Gasteiger partial charge in [-0.3, -0.25) is 4.79 Å². The Morgan fingerprint density at radius 1 is 1.08 bits per heavy atom. The van der Waals surface area contributed by atoms with Crippen molar-refractivity contribution in [2.45, 2.75) is 32.6 Å². The number of hydrogen-bond donors (Lipinski definition) is 0. The van der Waals surface area contributed by atoms with E-state index in [2.05, 4.69) is 6.92 Å². The molecule has 0 fully saturated rings. The number of ether oxygens (including phenoxy) is 2. The van der Waals surface area contributed by atoms with Gasteiger partial charge in [0.1, 0.15) is 11.5 Å². The second-order valence-corrected chi connectivity index (χ2v) is 7.39. The van der Waals surface area contributed by atoms with E-state index in [1.165, 1.54) is 26.4 Å². The molecule has 0 heterocycles. The highest BCUT2D eigenvalue weighted by Gasteiger charge is 2.16. The number of hydrogen-bond acceptors (Lipinski definition) is 3. The first-order valence-electron chi connectivity index (χ1n) is 8.52. The summed E-state index contributed by atoms with van der Waals surface area (Å²) < 4.78 is 11.0. The standard InChI is InChI=1S/C20H24ClO3P/c1-3-4-5-6-14-24-15-10-12-16(13-11-15)25-20(22)19-17(21)8-7-9-18(19)23-2/h7-13,25H,3-6,14H2,1-2H3. The Kier molecular flexibility index (Phi) is 8.24. The molecule has 2 aromatic rings.